The number of rotatable bonds is 6. The van der Waals surface area contributed by atoms with Crippen LogP contribution in [0.4, 0.5) is 11.6 Å². The lowest BCUT2D eigenvalue weighted by Gasteiger charge is -2.24. The molecule has 5 heteroatoms. The molecule has 2 rings (SSSR count). The fourth-order valence-electron chi connectivity index (χ4n) is 2.00. The van der Waals surface area contributed by atoms with Crippen molar-refractivity contribution in [2.45, 2.75) is 45.2 Å². The molecule has 3 N–H and O–H groups in total. The van der Waals surface area contributed by atoms with Gasteiger partial charge in [0, 0.05) is 31.1 Å². The molecule has 0 radical (unpaired) electrons. The standard InChI is InChI=1S/C13H23N5/c1-4-12-16-11(14)7-13(17-12)15-8-9(2)18(3)10-5-6-10/h7,9-10H,4-6,8H2,1-3H3,(H3,14,15,16,17). The van der Waals surface area contributed by atoms with E-state index < -0.39 is 0 Å². The fourth-order valence-corrected chi connectivity index (χ4v) is 2.00. The largest absolute Gasteiger partial charge is 0.384 e. The van der Waals surface area contributed by atoms with E-state index in [-0.39, 0.29) is 0 Å². The minimum Gasteiger partial charge on any atom is -0.384 e. The second-order valence-corrected chi connectivity index (χ2v) is 5.07. The number of likely N-dealkylation sites (N-methyl/N-ethyl adjacent to an activating group) is 1. The van der Waals surface area contributed by atoms with Crippen molar-refractivity contribution >= 4 is 11.6 Å². The first-order valence-electron chi connectivity index (χ1n) is 6.69. The van der Waals surface area contributed by atoms with Gasteiger partial charge in [-0.05, 0) is 26.8 Å². The van der Waals surface area contributed by atoms with Crippen LogP contribution in [0.2, 0.25) is 0 Å². The highest BCUT2D eigenvalue weighted by molar-refractivity contribution is 5.44. The molecule has 1 aliphatic rings. The third kappa shape index (κ3) is 3.32. The average molecular weight is 249 g/mol. The number of nitrogen functional groups attached to an aromatic ring is 1. The zero-order valence-corrected chi connectivity index (χ0v) is 11.5. The highest BCUT2D eigenvalue weighted by atomic mass is 15.2. The quantitative estimate of drug-likeness (QED) is 0.800. The van der Waals surface area contributed by atoms with Crippen molar-refractivity contribution in [3.63, 3.8) is 0 Å². The molecule has 1 saturated carbocycles. The summed E-state index contributed by atoms with van der Waals surface area (Å²) in [6, 6.07) is 3.07. The second-order valence-electron chi connectivity index (χ2n) is 5.07. The van der Waals surface area contributed by atoms with E-state index in [1.165, 1.54) is 12.8 Å². The first kappa shape index (κ1) is 13.1. The third-order valence-electron chi connectivity index (χ3n) is 3.51. The normalized spacial score (nSPS) is 16.9. The molecule has 0 aromatic carbocycles. The van der Waals surface area contributed by atoms with Crippen molar-refractivity contribution in [2.75, 3.05) is 24.6 Å². The summed E-state index contributed by atoms with van der Waals surface area (Å²) in [5.41, 5.74) is 5.76. The average Bonchev–Trinajstić information content (AvgIpc) is 3.18. The summed E-state index contributed by atoms with van der Waals surface area (Å²) < 4.78 is 0. The highest BCUT2D eigenvalue weighted by Crippen LogP contribution is 2.26. The van der Waals surface area contributed by atoms with Crippen LogP contribution in [-0.4, -0.2) is 40.5 Å². The molecule has 100 valence electrons. The first-order valence-corrected chi connectivity index (χ1v) is 6.69. The zero-order valence-electron chi connectivity index (χ0n) is 11.5. The Kier molecular flexibility index (Phi) is 4.01. The second kappa shape index (κ2) is 5.52. The monoisotopic (exact) mass is 249 g/mol. The highest BCUT2D eigenvalue weighted by Gasteiger charge is 2.28. The van der Waals surface area contributed by atoms with Gasteiger partial charge in [0.1, 0.15) is 17.5 Å². The predicted octanol–water partition coefficient (Wildman–Crippen LogP) is 1.52. The van der Waals surface area contributed by atoms with Gasteiger partial charge in [-0.3, -0.25) is 4.90 Å². The summed E-state index contributed by atoms with van der Waals surface area (Å²) in [4.78, 5) is 11.0. The van der Waals surface area contributed by atoms with Gasteiger partial charge in [-0.15, -0.1) is 0 Å². The topological polar surface area (TPSA) is 67.1 Å². The van der Waals surface area contributed by atoms with Crippen LogP contribution in [0.5, 0.6) is 0 Å². The maximum atomic E-state index is 5.76. The van der Waals surface area contributed by atoms with Gasteiger partial charge in [-0.1, -0.05) is 6.92 Å². The molecule has 1 heterocycles. The summed E-state index contributed by atoms with van der Waals surface area (Å²) >= 11 is 0. The summed E-state index contributed by atoms with van der Waals surface area (Å²) in [5.74, 6) is 2.16. The number of anilines is 2. The lowest BCUT2D eigenvalue weighted by molar-refractivity contribution is 0.257. The predicted molar refractivity (Wildman–Crippen MR) is 74.6 cm³/mol. The van der Waals surface area contributed by atoms with Crippen molar-refractivity contribution in [3.05, 3.63) is 11.9 Å². The van der Waals surface area contributed by atoms with Gasteiger partial charge in [0.05, 0.1) is 0 Å². The smallest absolute Gasteiger partial charge is 0.132 e. The van der Waals surface area contributed by atoms with Crippen molar-refractivity contribution in [1.29, 1.82) is 0 Å². The van der Waals surface area contributed by atoms with Gasteiger partial charge in [0.15, 0.2) is 0 Å². The van der Waals surface area contributed by atoms with Gasteiger partial charge < -0.3 is 11.1 Å². The SMILES string of the molecule is CCc1nc(N)cc(NCC(C)N(C)C2CC2)n1. The molecule has 5 nitrogen and oxygen atoms in total. The Morgan fingerprint density at radius 3 is 2.83 bits per heavy atom. The summed E-state index contributed by atoms with van der Waals surface area (Å²) in [6.07, 6.45) is 3.47. The summed E-state index contributed by atoms with van der Waals surface area (Å²) in [5, 5.41) is 3.35. The Morgan fingerprint density at radius 1 is 1.50 bits per heavy atom. The molecule has 1 unspecified atom stereocenters. The maximum absolute atomic E-state index is 5.76. The Morgan fingerprint density at radius 2 is 2.22 bits per heavy atom. The number of nitrogens with zero attached hydrogens (tertiary/aromatic N) is 3. The molecule has 1 atom stereocenters. The van der Waals surface area contributed by atoms with Gasteiger partial charge in [-0.2, -0.15) is 0 Å². The lowest BCUT2D eigenvalue weighted by Crippen LogP contribution is -2.36. The van der Waals surface area contributed by atoms with E-state index >= 15 is 0 Å². The molecule has 1 aromatic rings. The Labute approximate surface area is 109 Å². The zero-order chi connectivity index (χ0) is 13.1. The fraction of sp³-hybridized carbons (Fsp3) is 0.692. The van der Waals surface area contributed by atoms with Crippen molar-refractivity contribution in [1.82, 2.24) is 14.9 Å². The molecule has 0 amide bonds. The van der Waals surface area contributed by atoms with Crippen molar-refractivity contribution in [3.8, 4) is 0 Å². The number of hydrogen-bond acceptors (Lipinski definition) is 5. The molecule has 1 aromatic heterocycles. The molecule has 0 aliphatic heterocycles. The lowest BCUT2D eigenvalue weighted by atomic mass is 10.3. The Bertz CT molecular complexity index is 402. The molecule has 0 saturated heterocycles. The van der Waals surface area contributed by atoms with Crippen LogP contribution in [0.1, 0.15) is 32.5 Å². The van der Waals surface area contributed by atoms with E-state index in [2.05, 4.69) is 34.2 Å². The number of aromatic nitrogens is 2. The van der Waals surface area contributed by atoms with E-state index in [1.54, 1.807) is 6.07 Å². The van der Waals surface area contributed by atoms with E-state index in [4.69, 9.17) is 5.73 Å². The van der Waals surface area contributed by atoms with Gasteiger partial charge in [0.2, 0.25) is 0 Å². The maximum Gasteiger partial charge on any atom is 0.132 e. The van der Waals surface area contributed by atoms with E-state index in [1.807, 2.05) is 6.92 Å². The van der Waals surface area contributed by atoms with Gasteiger partial charge >= 0.3 is 0 Å². The molecule has 0 spiro atoms. The van der Waals surface area contributed by atoms with E-state index in [0.717, 1.165) is 30.6 Å². The van der Waals surface area contributed by atoms with E-state index in [9.17, 15) is 0 Å². The van der Waals surface area contributed by atoms with Crippen LogP contribution in [0.25, 0.3) is 0 Å². The van der Waals surface area contributed by atoms with Crippen LogP contribution in [-0.2, 0) is 6.42 Å². The van der Waals surface area contributed by atoms with Crippen molar-refractivity contribution < 1.29 is 0 Å². The van der Waals surface area contributed by atoms with Crippen molar-refractivity contribution in [2.24, 2.45) is 0 Å². The van der Waals surface area contributed by atoms with Crippen LogP contribution in [0.3, 0.4) is 0 Å². The van der Waals surface area contributed by atoms with Crippen LogP contribution < -0.4 is 11.1 Å². The van der Waals surface area contributed by atoms with Crippen LogP contribution in [0.15, 0.2) is 6.07 Å². The number of nitrogens with one attached hydrogen (secondary N) is 1. The minimum absolute atomic E-state index is 0.499. The summed E-state index contributed by atoms with van der Waals surface area (Å²) in [7, 11) is 2.19. The number of aryl methyl sites for hydroxylation is 1. The molecule has 1 fully saturated rings. The summed E-state index contributed by atoms with van der Waals surface area (Å²) in [6.45, 7) is 5.14. The Balaban J connectivity index is 1.90. The van der Waals surface area contributed by atoms with E-state index in [0.29, 0.717) is 11.9 Å². The molecular weight excluding hydrogens is 226 g/mol. The van der Waals surface area contributed by atoms with Gasteiger partial charge in [0.25, 0.3) is 0 Å². The molecule has 0 bridgehead atoms. The number of hydrogen-bond donors (Lipinski definition) is 2. The van der Waals surface area contributed by atoms with Gasteiger partial charge in [-0.25, -0.2) is 9.97 Å². The third-order valence-corrected chi connectivity index (χ3v) is 3.51. The Hall–Kier alpha value is -1.36. The molecule has 18 heavy (non-hydrogen) atoms. The first-order chi connectivity index (χ1) is 8.60. The minimum atomic E-state index is 0.499. The molecular formula is C13H23N5. The van der Waals surface area contributed by atoms with Crippen LogP contribution >= 0.6 is 0 Å². The number of nitrogens with two attached hydrogens (primary N) is 1. The van der Waals surface area contributed by atoms with Crippen LogP contribution in [0, 0.1) is 0 Å². The molecule has 1 aliphatic carbocycles.